The van der Waals surface area contributed by atoms with Gasteiger partial charge in [-0.2, -0.15) is 0 Å². The molecule has 2 saturated heterocycles. The van der Waals surface area contributed by atoms with Gasteiger partial charge in [0.2, 0.25) is 0 Å². The summed E-state index contributed by atoms with van der Waals surface area (Å²) in [6, 6.07) is -0.736. The van der Waals surface area contributed by atoms with E-state index in [9.17, 15) is 30.0 Å². The summed E-state index contributed by atoms with van der Waals surface area (Å²) in [5.41, 5.74) is 1.36. The maximum absolute atomic E-state index is 13.7. The Morgan fingerprint density at radius 1 is 0.967 bits per heavy atom. The van der Waals surface area contributed by atoms with Crippen LogP contribution >= 0.6 is 0 Å². The first-order valence-electron chi connectivity index (χ1n) is 21.2. The number of allylic oxidation sites excluding steroid dienone is 3. The van der Waals surface area contributed by atoms with Crippen LogP contribution in [0, 0.1) is 36.0 Å². The largest absolute Gasteiger partial charge is 0.462 e. The molecule has 0 unspecified atom stereocenters. The highest BCUT2D eigenvalue weighted by Gasteiger charge is 2.48. The van der Waals surface area contributed by atoms with Gasteiger partial charge in [0, 0.05) is 44.8 Å². The molecule has 0 spiro atoms. The lowest BCUT2D eigenvalue weighted by molar-refractivity contribution is -0.304. The zero-order valence-corrected chi connectivity index (χ0v) is 37.1. The summed E-state index contributed by atoms with van der Waals surface area (Å²) in [4.78, 5) is 33.5. The Morgan fingerprint density at radius 2 is 1.63 bits per heavy atom. The van der Waals surface area contributed by atoms with Gasteiger partial charge in [-0.1, -0.05) is 43.7 Å². The van der Waals surface area contributed by atoms with Crippen LogP contribution in [0.5, 0.6) is 0 Å². The number of terminal acetylenes is 1. The van der Waals surface area contributed by atoms with Crippen molar-refractivity contribution in [2.45, 2.75) is 160 Å². The number of carbonyl (C=O) groups excluding carboxylic acids is 2. The zero-order valence-electron chi connectivity index (χ0n) is 37.1. The van der Waals surface area contributed by atoms with Crippen molar-refractivity contribution in [2.75, 3.05) is 41.5 Å². The molecule has 0 aromatic carbocycles. The van der Waals surface area contributed by atoms with Crippen LogP contribution < -0.4 is 0 Å². The van der Waals surface area contributed by atoms with Crippen LogP contribution in [-0.4, -0.2) is 164 Å². The number of oxime groups is 1. The van der Waals surface area contributed by atoms with Crippen LogP contribution in [0.15, 0.2) is 29.0 Å². The topological polar surface area (TPSA) is 204 Å². The minimum Gasteiger partial charge on any atom is -0.462 e. The van der Waals surface area contributed by atoms with Crippen LogP contribution in [0.3, 0.4) is 0 Å². The maximum atomic E-state index is 13.7. The molecule has 60 heavy (non-hydrogen) atoms. The first-order chi connectivity index (χ1) is 28.5. The first-order valence-corrected chi connectivity index (χ1v) is 21.2. The molecule has 0 bridgehead atoms. The maximum Gasteiger partial charge on any atom is 0.308 e. The molecule has 3 aliphatic heterocycles. The quantitative estimate of drug-likeness (QED) is 0.0615. The zero-order chi connectivity index (χ0) is 44.7. The van der Waals surface area contributed by atoms with Gasteiger partial charge in [0.25, 0.3) is 0 Å². The fourth-order valence-corrected chi connectivity index (χ4v) is 8.25. The van der Waals surface area contributed by atoms with Crippen molar-refractivity contribution in [1.29, 1.82) is 0 Å². The van der Waals surface area contributed by atoms with Gasteiger partial charge < -0.3 is 68.1 Å². The SMILES string of the molecule is C#CCCCO/N=C1/C=C/C(C)=C/[C@H](CO[C@@H]2O[C@H](C)[C@@H](O)[C@@H](OC)[C@H]2OC)[C@@H](CC)OC(=O)C[C@@H](O)[C@H](C)[C@@H](O[C@@H]2O[C@H](C)[C@@H](O)[C@H](N(C)C)[C@H]2O)[C@@H](CC=O)C[C@H]1C. The number of methoxy groups -OCH3 is 2. The second kappa shape index (κ2) is 25.4. The third-order valence-corrected chi connectivity index (χ3v) is 11.9. The molecule has 0 radical (unpaired) electrons. The molecule has 3 heterocycles. The number of carbonyl (C=O) groups is 2. The van der Waals surface area contributed by atoms with E-state index >= 15 is 0 Å². The highest BCUT2D eigenvalue weighted by atomic mass is 16.7. The molecular formula is C44H72N2O14. The summed E-state index contributed by atoms with van der Waals surface area (Å²) < 4.78 is 42.2. The van der Waals surface area contributed by atoms with E-state index in [4.69, 9.17) is 44.4 Å². The van der Waals surface area contributed by atoms with Crippen LogP contribution in [0.2, 0.25) is 0 Å². The summed E-state index contributed by atoms with van der Waals surface area (Å²) in [5.74, 6) is -0.227. The number of rotatable bonds is 15. The monoisotopic (exact) mass is 852 g/mol. The fourth-order valence-electron chi connectivity index (χ4n) is 8.25. The predicted octanol–water partition coefficient (Wildman–Crippen LogP) is 2.78. The highest BCUT2D eigenvalue weighted by molar-refractivity contribution is 5.96. The number of hydrogen-bond donors (Lipinski definition) is 4. The molecule has 17 atom stereocenters. The minimum atomic E-state index is -1.30. The standard InChI is InChI=1S/C44H72N2O14/c1-12-14-15-20-56-45-32-17-16-25(3)21-31(24-55-44-42(54-11)41(53-10)38(51)29(7)58-44)34(13-2)59-35(49)23-33(48)27(5)40(30(18-19-47)22-26(32)4)60-43-39(52)36(46(8)9)37(50)28(6)57-43/h1,16-17,19,21,26-31,33-34,36-44,48,50-52H,13-15,18,20,22-24H2,2-11H3/b17-16+,25-21+,45-32-/t26-,27+,28-,29-,30+,31-,33-,34-,36+,37-,38-,39-,40-,41-,42-,43+,44-/m1/s1. The van der Waals surface area contributed by atoms with Gasteiger partial charge in [0.15, 0.2) is 12.6 Å². The third kappa shape index (κ3) is 14.1. The summed E-state index contributed by atoms with van der Waals surface area (Å²) in [7, 11) is 6.43. The van der Waals surface area contributed by atoms with E-state index in [1.807, 2.05) is 39.0 Å². The highest BCUT2D eigenvalue weighted by Crippen LogP contribution is 2.35. The number of cyclic esters (lactones) is 1. The first kappa shape index (κ1) is 51.6. The molecule has 0 amide bonds. The summed E-state index contributed by atoms with van der Waals surface area (Å²) in [6.07, 6.45) is 2.19. The van der Waals surface area contributed by atoms with Gasteiger partial charge in [0.1, 0.15) is 43.4 Å². The van der Waals surface area contributed by atoms with Gasteiger partial charge >= 0.3 is 5.97 Å². The van der Waals surface area contributed by atoms with E-state index in [2.05, 4.69) is 11.1 Å². The number of unbranched alkanes of at least 4 members (excludes halogenated alkanes) is 1. The summed E-state index contributed by atoms with van der Waals surface area (Å²) >= 11 is 0. The van der Waals surface area contributed by atoms with Crippen LogP contribution in [0.4, 0.5) is 0 Å². The lowest BCUT2D eigenvalue weighted by Gasteiger charge is -2.46. The Morgan fingerprint density at radius 3 is 2.25 bits per heavy atom. The van der Waals surface area contributed by atoms with Gasteiger partial charge in [-0.25, -0.2) is 0 Å². The van der Waals surface area contributed by atoms with Crippen molar-refractivity contribution in [2.24, 2.45) is 28.8 Å². The predicted molar refractivity (Wildman–Crippen MR) is 222 cm³/mol. The molecule has 3 aliphatic rings. The molecule has 0 aliphatic carbocycles. The van der Waals surface area contributed by atoms with Crippen LogP contribution in [0.1, 0.15) is 80.1 Å². The smallest absolute Gasteiger partial charge is 0.308 e. The average molecular weight is 853 g/mol. The van der Waals surface area contributed by atoms with Gasteiger partial charge in [-0.15, -0.1) is 12.3 Å². The number of likely N-dealkylation sites (N-methyl/N-ethyl adjacent to an activating group) is 1. The minimum absolute atomic E-state index is 0.0185. The van der Waals surface area contributed by atoms with Crippen molar-refractivity contribution in [1.82, 2.24) is 4.90 Å². The van der Waals surface area contributed by atoms with E-state index in [0.29, 0.717) is 31.4 Å². The van der Waals surface area contributed by atoms with Crippen molar-refractivity contribution < 1.29 is 68.0 Å². The Bertz CT molecular complexity index is 1450. The number of aliphatic hydroxyl groups excluding tert-OH is 4. The molecule has 0 aromatic rings. The van der Waals surface area contributed by atoms with Crippen LogP contribution in [-0.2, 0) is 47.6 Å². The van der Waals surface area contributed by atoms with E-state index in [0.717, 1.165) is 11.9 Å². The molecule has 342 valence electrons. The number of aldehydes is 1. The average Bonchev–Trinajstić information content (AvgIpc) is 3.20. The number of hydrogen-bond acceptors (Lipinski definition) is 16. The molecule has 16 nitrogen and oxygen atoms in total. The Labute approximate surface area is 356 Å². The molecule has 0 saturated carbocycles. The molecule has 4 N–H and O–H groups in total. The number of nitrogens with zero attached hydrogens (tertiary/aromatic N) is 2. The summed E-state index contributed by atoms with van der Waals surface area (Å²) in [5, 5.41) is 49.3. The van der Waals surface area contributed by atoms with Gasteiger partial charge in [-0.05, 0) is 66.1 Å². The molecule has 2 fully saturated rings. The lowest BCUT2D eigenvalue weighted by Crippen LogP contribution is -2.63. The molecule has 3 rings (SSSR count). The van der Waals surface area contributed by atoms with Crippen molar-refractivity contribution in [3.05, 3.63) is 23.8 Å². The number of aliphatic hydroxyl groups is 4. The third-order valence-electron chi connectivity index (χ3n) is 11.9. The van der Waals surface area contributed by atoms with Crippen molar-refractivity contribution in [3.63, 3.8) is 0 Å². The van der Waals surface area contributed by atoms with Crippen molar-refractivity contribution in [3.8, 4) is 12.3 Å². The molecule has 16 heteroatoms. The van der Waals surface area contributed by atoms with Crippen molar-refractivity contribution >= 4 is 18.0 Å². The Hall–Kier alpha value is -2.79. The molecular weight excluding hydrogens is 780 g/mol. The van der Waals surface area contributed by atoms with Crippen LogP contribution in [0.25, 0.3) is 0 Å². The summed E-state index contributed by atoms with van der Waals surface area (Å²) in [6.45, 7) is 11.2. The van der Waals surface area contributed by atoms with Gasteiger partial charge in [0.05, 0.1) is 55.3 Å². The molecule has 0 aromatic heterocycles. The lowest BCUT2D eigenvalue weighted by atomic mass is 9.79. The number of esters is 1. The Kier molecular flexibility index (Phi) is 21.8. The van der Waals surface area contributed by atoms with E-state index in [-0.39, 0.29) is 25.6 Å². The van der Waals surface area contributed by atoms with E-state index in [1.54, 1.807) is 39.8 Å². The van der Waals surface area contributed by atoms with E-state index < -0.39 is 110 Å². The van der Waals surface area contributed by atoms with Gasteiger partial charge in [-0.3, -0.25) is 4.79 Å². The second-order valence-corrected chi connectivity index (χ2v) is 16.6. The number of ether oxygens (including phenoxy) is 7. The normalized spacial score (nSPS) is 40.9. The Balaban J connectivity index is 2.08. The fraction of sp³-hybridized carbons (Fsp3) is 0.795. The second-order valence-electron chi connectivity index (χ2n) is 16.6. The van der Waals surface area contributed by atoms with E-state index in [1.165, 1.54) is 14.2 Å².